The monoisotopic (exact) mass is 413 g/mol. The zero-order chi connectivity index (χ0) is 18.1. The highest BCUT2D eigenvalue weighted by molar-refractivity contribution is 9.10. The van der Waals surface area contributed by atoms with Crippen LogP contribution in [0.1, 0.15) is 10.4 Å². The summed E-state index contributed by atoms with van der Waals surface area (Å²) in [6.45, 7) is 0. The van der Waals surface area contributed by atoms with Crippen LogP contribution >= 0.6 is 15.9 Å². The molecular weight excluding hydrogens is 402 g/mol. The molecule has 1 amide bonds. The maximum atomic E-state index is 12.2. The van der Waals surface area contributed by atoms with Crippen LogP contribution < -0.4 is 10.1 Å². The number of para-hydroxylation sites is 1. The number of ether oxygens (including phenoxy) is 1. The van der Waals surface area contributed by atoms with E-state index in [1.54, 1.807) is 37.4 Å². The minimum Gasteiger partial charge on any atom is -0.493 e. The topological polar surface area (TPSA) is 90.4 Å². The minimum absolute atomic E-state index is 0.0163. The van der Waals surface area contributed by atoms with E-state index < -0.39 is 0 Å². The molecule has 1 N–H and O–H groups in total. The van der Waals surface area contributed by atoms with Gasteiger partial charge in [0, 0.05) is 15.4 Å². The van der Waals surface area contributed by atoms with Gasteiger partial charge >= 0.3 is 6.01 Å². The molecule has 7 nitrogen and oxygen atoms in total. The Kier molecular flexibility index (Phi) is 4.18. The lowest BCUT2D eigenvalue weighted by atomic mass is 10.2. The van der Waals surface area contributed by atoms with Crippen LogP contribution in [0, 0.1) is 0 Å². The molecule has 2 aromatic carbocycles. The number of carbonyl (C=O) groups excluding carboxylic acids is 1. The summed E-state index contributed by atoms with van der Waals surface area (Å²) in [5.74, 6) is 0.803. The van der Waals surface area contributed by atoms with Gasteiger partial charge in [-0.05, 0) is 30.3 Å². The van der Waals surface area contributed by atoms with Crippen molar-refractivity contribution in [2.75, 3.05) is 12.4 Å². The van der Waals surface area contributed by atoms with E-state index >= 15 is 0 Å². The third-order valence-electron chi connectivity index (χ3n) is 3.67. The predicted molar refractivity (Wildman–Crippen MR) is 98.2 cm³/mol. The normalized spacial score (nSPS) is 10.8. The van der Waals surface area contributed by atoms with E-state index in [2.05, 4.69) is 31.4 Å². The second-order valence-electron chi connectivity index (χ2n) is 5.37. The lowest BCUT2D eigenvalue weighted by molar-refractivity contribution is 0.102. The van der Waals surface area contributed by atoms with Crippen LogP contribution in [0.25, 0.3) is 22.6 Å². The van der Waals surface area contributed by atoms with Crippen molar-refractivity contribution in [2.45, 2.75) is 0 Å². The van der Waals surface area contributed by atoms with Crippen molar-refractivity contribution in [3.05, 3.63) is 58.6 Å². The van der Waals surface area contributed by atoms with E-state index in [4.69, 9.17) is 13.6 Å². The number of amides is 1. The molecule has 0 saturated carbocycles. The highest BCUT2D eigenvalue weighted by Crippen LogP contribution is 2.33. The average molecular weight is 414 g/mol. The van der Waals surface area contributed by atoms with Gasteiger partial charge < -0.3 is 13.6 Å². The molecule has 4 aromatic rings. The summed E-state index contributed by atoms with van der Waals surface area (Å²) in [6.07, 6.45) is 0. The van der Waals surface area contributed by atoms with Gasteiger partial charge in [0.2, 0.25) is 0 Å². The third kappa shape index (κ3) is 3.06. The summed E-state index contributed by atoms with van der Waals surface area (Å²) in [5, 5.41) is 11.2. The summed E-state index contributed by atoms with van der Waals surface area (Å²) in [4.78, 5) is 12.2. The molecule has 4 rings (SSSR count). The number of halogens is 1. The molecule has 26 heavy (non-hydrogen) atoms. The first-order valence-corrected chi connectivity index (χ1v) is 8.40. The Balaban J connectivity index is 1.59. The molecule has 0 bridgehead atoms. The van der Waals surface area contributed by atoms with Crippen LogP contribution in [0.2, 0.25) is 0 Å². The van der Waals surface area contributed by atoms with Crippen molar-refractivity contribution in [1.82, 2.24) is 10.2 Å². The minimum atomic E-state index is -0.354. The Labute approximate surface area is 156 Å². The van der Waals surface area contributed by atoms with Crippen molar-refractivity contribution in [3.8, 4) is 17.4 Å². The van der Waals surface area contributed by atoms with Crippen LogP contribution in [0.4, 0.5) is 6.01 Å². The van der Waals surface area contributed by atoms with E-state index in [1.807, 2.05) is 18.2 Å². The highest BCUT2D eigenvalue weighted by Gasteiger charge is 2.17. The number of anilines is 1. The number of nitrogens with zero attached hydrogens (tertiary/aromatic N) is 2. The van der Waals surface area contributed by atoms with Crippen LogP contribution in [0.15, 0.2) is 61.8 Å². The summed E-state index contributed by atoms with van der Waals surface area (Å²) in [5.41, 5.74) is 1.05. The molecule has 0 unspecified atom stereocenters. The van der Waals surface area contributed by atoms with Gasteiger partial charge in [0.25, 0.3) is 11.8 Å². The van der Waals surface area contributed by atoms with Gasteiger partial charge in [-0.2, -0.15) is 0 Å². The van der Waals surface area contributed by atoms with Crippen molar-refractivity contribution in [3.63, 3.8) is 0 Å². The zero-order valence-corrected chi connectivity index (χ0v) is 15.1. The van der Waals surface area contributed by atoms with Gasteiger partial charge in [0.15, 0.2) is 17.1 Å². The molecule has 8 heteroatoms. The maximum Gasteiger partial charge on any atom is 0.322 e. The zero-order valence-electron chi connectivity index (χ0n) is 13.5. The second-order valence-corrected chi connectivity index (χ2v) is 6.28. The maximum absolute atomic E-state index is 12.2. The average Bonchev–Trinajstić information content (AvgIpc) is 3.27. The Hall–Kier alpha value is -3.13. The van der Waals surface area contributed by atoms with Crippen LogP contribution in [-0.2, 0) is 0 Å². The molecule has 0 aliphatic rings. The molecular formula is C18H12BrN3O4. The van der Waals surface area contributed by atoms with Gasteiger partial charge in [-0.1, -0.05) is 39.2 Å². The van der Waals surface area contributed by atoms with Gasteiger partial charge in [-0.3, -0.25) is 10.1 Å². The quantitative estimate of drug-likeness (QED) is 0.529. The molecule has 0 fully saturated rings. The molecule has 0 aliphatic heterocycles. The predicted octanol–water partition coefficient (Wildman–Crippen LogP) is 4.51. The van der Waals surface area contributed by atoms with E-state index in [-0.39, 0.29) is 17.8 Å². The molecule has 0 saturated heterocycles. The van der Waals surface area contributed by atoms with E-state index in [0.29, 0.717) is 22.7 Å². The number of hydrogen-bond donors (Lipinski definition) is 1. The molecule has 130 valence electrons. The molecule has 2 heterocycles. The fourth-order valence-corrected chi connectivity index (χ4v) is 2.87. The summed E-state index contributed by atoms with van der Waals surface area (Å²) in [7, 11) is 1.57. The van der Waals surface area contributed by atoms with Crippen LogP contribution in [0.3, 0.4) is 0 Å². The first kappa shape index (κ1) is 16.3. The lowest BCUT2D eigenvalue weighted by Crippen LogP contribution is -2.11. The second kappa shape index (κ2) is 6.64. The first-order valence-electron chi connectivity index (χ1n) is 7.61. The number of nitrogens with one attached hydrogen (secondary N) is 1. The van der Waals surface area contributed by atoms with Gasteiger partial charge in [0.05, 0.1) is 7.11 Å². The Bertz CT molecular complexity index is 1100. The molecule has 0 aliphatic carbocycles. The number of methoxy groups -OCH3 is 1. The standard InChI is InChI=1S/C18H12BrN3O4/c1-24-13-7-3-4-10-9-14(25-15(10)13)17-21-22-18(26-17)20-16(23)11-5-2-6-12(19)8-11/h2-9H,1H3,(H,20,22,23). The number of benzene rings is 2. The fraction of sp³-hybridized carbons (Fsp3) is 0.0556. The summed E-state index contributed by atoms with van der Waals surface area (Å²) in [6, 6.07) is 14.3. The van der Waals surface area contributed by atoms with E-state index in [9.17, 15) is 4.79 Å². The number of carbonyl (C=O) groups is 1. The largest absolute Gasteiger partial charge is 0.493 e. The molecule has 0 spiro atoms. The number of rotatable bonds is 4. The Morgan fingerprint density at radius 1 is 1.12 bits per heavy atom. The van der Waals surface area contributed by atoms with Crippen molar-refractivity contribution in [1.29, 1.82) is 0 Å². The lowest BCUT2D eigenvalue weighted by Gasteiger charge is -2.00. The molecule has 2 aromatic heterocycles. The number of aromatic nitrogens is 2. The molecule has 0 atom stereocenters. The molecule has 0 radical (unpaired) electrons. The van der Waals surface area contributed by atoms with Gasteiger partial charge in [-0.25, -0.2) is 0 Å². The van der Waals surface area contributed by atoms with Gasteiger partial charge in [-0.15, -0.1) is 5.10 Å². The van der Waals surface area contributed by atoms with Crippen LogP contribution in [0.5, 0.6) is 5.75 Å². The van der Waals surface area contributed by atoms with E-state index in [0.717, 1.165) is 9.86 Å². The number of hydrogen-bond acceptors (Lipinski definition) is 6. The van der Waals surface area contributed by atoms with Crippen molar-refractivity contribution >= 4 is 38.8 Å². The summed E-state index contributed by atoms with van der Waals surface area (Å²) >= 11 is 3.32. The smallest absolute Gasteiger partial charge is 0.322 e. The number of furan rings is 1. The third-order valence-corrected chi connectivity index (χ3v) is 4.16. The SMILES string of the molecule is COc1cccc2cc(-c3nnc(NC(=O)c4cccc(Br)c4)o3)oc12. The Morgan fingerprint density at radius 2 is 1.96 bits per heavy atom. The van der Waals surface area contributed by atoms with E-state index in [1.165, 1.54) is 0 Å². The van der Waals surface area contributed by atoms with Crippen molar-refractivity contribution < 1.29 is 18.4 Å². The Morgan fingerprint density at radius 3 is 2.77 bits per heavy atom. The first-order chi connectivity index (χ1) is 12.6. The van der Waals surface area contributed by atoms with Crippen LogP contribution in [-0.4, -0.2) is 23.2 Å². The number of fused-ring (bicyclic) bond motifs is 1. The fourth-order valence-electron chi connectivity index (χ4n) is 2.47. The van der Waals surface area contributed by atoms with Crippen molar-refractivity contribution in [2.24, 2.45) is 0 Å². The van der Waals surface area contributed by atoms with Gasteiger partial charge in [0.1, 0.15) is 0 Å². The highest BCUT2D eigenvalue weighted by atomic mass is 79.9. The summed E-state index contributed by atoms with van der Waals surface area (Å²) < 4.78 is 17.3.